The number of aryl methyl sites for hydroxylation is 1. The minimum atomic E-state index is -0.386. The monoisotopic (exact) mass is 772 g/mol. The predicted molar refractivity (Wildman–Crippen MR) is 187 cm³/mol. The van der Waals surface area contributed by atoms with E-state index < -0.39 is 0 Å². The highest BCUT2D eigenvalue weighted by molar-refractivity contribution is 14.1. The van der Waals surface area contributed by atoms with E-state index in [1.807, 2.05) is 112 Å². The zero-order valence-electron chi connectivity index (χ0n) is 23.9. The number of benzene rings is 4. The van der Waals surface area contributed by atoms with Gasteiger partial charge in [0.15, 0.2) is 0 Å². The number of ether oxygens (including phenoxy) is 1. The van der Waals surface area contributed by atoms with Crippen LogP contribution >= 0.6 is 45.2 Å². The number of esters is 1. The van der Waals surface area contributed by atoms with Gasteiger partial charge < -0.3 is 16.2 Å². The van der Waals surface area contributed by atoms with Crippen LogP contribution in [0.1, 0.15) is 55.0 Å². The van der Waals surface area contributed by atoms with Crippen LogP contribution in [0.5, 0.6) is 0 Å². The van der Waals surface area contributed by atoms with Gasteiger partial charge in [-0.2, -0.15) is 0 Å². The Morgan fingerprint density at radius 1 is 0.659 bits per heavy atom. The van der Waals surface area contributed by atoms with Crippen molar-refractivity contribution in [3.05, 3.63) is 138 Å². The van der Waals surface area contributed by atoms with Crippen LogP contribution < -0.4 is 11.5 Å². The average molecular weight is 773 g/mol. The van der Waals surface area contributed by atoms with Crippen LogP contribution in [0.25, 0.3) is 0 Å². The maximum Gasteiger partial charge on any atom is 0.306 e. The molecule has 0 atom stereocenters. The van der Waals surface area contributed by atoms with E-state index in [2.05, 4.69) is 69.2 Å². The van der Waals surface area contributed by atoms with Gasteiger partial charge in [0, 0.05) is 37.8 Å². The molecule has 4 nitrogen and oxygen atoms in total. The molecule has 6 heteroatoms. The van der Waals surface area contributed by atoms with Crippen molar-refractivity contribution >= 4 is 51.2 Å². The third-order valence-electron chi connectivity index (χ3n) is 5.41. The van der Waals surface area contributed by atoms with E-state index in [-0.39, 0.29) is 11.6 Å². The Bertz CT molecular complexity index is 1370. The molecule has 0 aliphatic rings. The molecule has 4 rings (SSSR count). The van der Waals surface area contributed by atoms with Crippen LogP contribution in [0, 0.1) is 19.0 Å². The molecule has 0 saturated heterocycles. The van der Waals surface area contributed by atoms with E-state index >= 15 is 0 Å². The third kappa shape index (κ3) is 15.8. The number of rotatable bonds is 5. The first-order chi connectivity index (χ1) is 19.6. The van der Waals surface area contributed by atoms with Crippen molar-refractivity contribution in [3.8, 4) is 11.8 Å². The molecular weight excluding hydrogens is 734 g/mol. The second-order valence-electron chi connectivity index (χ2n) is 10.1. The normalized spacial score (nSPS) is 10.1. The number of carbonyl (C=O) groups excluding carboxylic acids is 1. The lowest BCUT2D eigenvalue weighted by Gasteiger charge is -2.19. The first kappa shape index (κ1) is 34.5. The first-order valence-electron chi connectivity index (χ1n) is 13.3. The Labute approximate surface area is 272 Å². The molecular formula is C35H38I2N2O2. The number of hydrogen-bond donors (Lipinski definition) is 2. The summed E-state index contributed by atoms with van der Waals surface area (Å²) in [6.45, 7) is 6.87. The molecule has 0 spiro atoms. The summed E-state index contributed by atoms with van der Waals surface area (Å²) >= 11 is 4.54. The number of halogens is 2. The van der Waals surface area contributed by atoms with Crippen molar-refractivity contribution in [3.63, 3.8) is 0 Å². The van der Waals surface area contributed by atoms with E-state index in [0.717, 1.165) is 23.1 Å². The van der Waals surface area contributed by atoms with Gasteiger partial charge in [-0.15, -0.1) is 0 Å². The Morgan fingerprint density at radius 2 is 1.07 bits per heavy atom. The summed E-state index contributed by atoms with van der Waals surface area (Å²) in [6.07, 6.45) is 1.18. The van der Waals surface area contributed by atoms with Gasteiger partial charge in [-0.3, -0.25) is 4.79 Å². The van der Waals surface area contributed by atoms with Crippen molar-refractivity contribution < 1.29 is 9.53 Å². The van der Waals surface area contributed by atoms with Gasteiger partial charge in [0.25, 0.3) is 0 Å². The lowest BCUT2D eigenvalue weighted by atomic mass is 10.1. The lowest BCUT2D eigenvalue weighted by Crippen LogP contribution is -2.23. The van der Waals surface area contributed by atoms with Crippen LogP contribution in [0.4, 0.5) is 0 Å². The van der Waals surface area contributed by atoms with Crippen LogP contribution in [0.15, 0.2) is 103 Å². The topological polar surface area (TPSA) is 78.3 Å². The Hall–Kier alpha value is -2.71. The van der Waals surface area contributed by atoms with Gasteiger partial charge >= 0.3 is 5.97 Å². The standard InChI is InChI=1S/C15H13N.C13H17IO2.C7H8IN/c16-12-15-10-8-14(9-11-15)7-6-13-4-2-1-3-5-13;1-13(2,3)16-12(15)9-6-10-4-7-11(14)8-5-10;8-7-3-1-6(5-9)2-4-7/h1-5,8-11H,12,16H2;4-5,7-8H,6,9H2,1-3H3;1-4H,5,9H2. The highest BCUT2D eigenvalue weighted by Gasteiger charge is 2.15. The molecule has 0 heterocycles. The maximum absolute atomic E-state index is 11.5. The van der Waals surface area contributed by atoms with E-state index in [0.29, 0.717) is 19.5 Å². The molecule has 0 amide bonds. The fourth-order valence-corrected chi connectivity index (χ4v) is 4.02. The zero-order valence-corrected chi connectivity index (χ0v) is 28.2. The molecule has 0 aliphatic carbocycles. The summed E-state index contributed by atoms with van der Waals surface area (Å²) in [7, 11) is 0. The fourth-order valence-electron chi connectivity index (χ4n) is 3.30. The zero-order chi connectivity index (χ0) is 30.1. The predicted octanol–water partition coefficient (Wildman–Crippen LogP) is 7.86. The highest BCUT2D eigenvalue weighted by Crippen LogP contribution is 2.12. The third-order valence-corrected chi connectivity index (χ3v) is 6.85. The maximum atomic E-state index is 11.5. The van der Waals surface area contributed by atoms with E-state index in [1.54, 1.807) is 0 Å². The summed E-state index contributed by atoms with van der Waals surface area (Å²) in [5.41, 5.74) is 16.1. The molecule has 4 N–H and O–H groups in total. The molecule has 0 radical (unpaired) electrons. The van der Waals surface area contributed by atoms with E-state index in [9.17, 15) is 4.79 Å². The molecule has 0 aliphatic heterocycles. The van der Waals surface area contributed by atoms with Gasteiger partial charge in [0.05, 0.1) is 0 Å². The fraction of sp³-hybridized carbons (Fsp3) is 0.229. The van der Waals surface area contributed by atoms with Crippen molar-refractivity contribution in [2.24, 2.45) is 11.5 Å². The van der Waals surface area contributed by atoms with Crippen molar-refractivity contribution in [2.45, 2.75) is 52.3 Å². The summed E-state index contributed by atoms with van der Waals surface area (Å²) in [5.74, 6) is 6.11. The highest BCUT2D eigenvalue weighted by atomic mass is 127. The molecule has 214 valence electrons. The SMILES string of the molecule is CC(C)(C)OC(=O)CCc1ccc(I)cc1.NCc1ccc(C#Cc2ccccc2)cc1.NCc1ccc(I)cc1. The smallest absolute Gasteiger partial charge is 0.306 e. The van der Waals surface area contributed by atoms with Crippen LogP contribution in [0.2, 0.25) is 0 Å². The van der Waals surface area contributed by atoms with Gasteiger partial charge in [0.2, 0.25) is 0 Å². The first-order valence-corrected chi connectivity index (χ1v) is 15.5. The Morgan fingerprint density at radius 3 is 1.51 bits per heavy atom. The largest absolute Gasteiger partial charge is 0.460 e. The van der Waals surface area contributed by atoms with Crippen LogP contribution in [-0.2, 0) is 29.0 Å². The summed E-state index contributed by atoms with van der Waals surface area (Å²) in [4.78, 5) is 11.5. The van der Waals surface area contributed by atoms with Gasteiger partial charge in [0.1, 0.15) is 5.60 Å². The van der Waals surface area contributed by atoms with E-state index in [1.165, 1.54) is 18.3 Å². The Kier molecular flexibility index (Phi) is 15.7. The molecule has 41 heavy (non-hydrogen) atoms. The van der Waals surface area contributed by atoms with E-state index in [4.69, 9.17) is 16.2 Å². The molecule has 4 aromatic carbocycles. The average Bonchev–Trinajstić information content (AvgIpc) is 2.97. The minimum absolute atomic E-state index is 0.133. The van der Waals surface area contributed by atoms with Gasteiger partial charge in [-0.25, -0.2) is 0 Å². The Balaban J connectivity index is 0.000000224. The summed E-state index contributed by atoms with van der Waals surface area (Å²) in [5, 5.41) is 0. The molecule has 0 unspecified atom stereocenters. The molecule has 0 saturated carbocycles. The second-order valence-corrected chi connectivity index (χ2v) is 12.6. The quantitative estimate of drug-likeness (QED) is 0.123. The van der Waals surface area contributed by atoms with Crippen molar-refractivity contribution in [2.75, 3.05) is 0 Å². The molecule has 4 aromatic rings. The number of hydrogen-bond acceptors (Lipinski definition) is 4. The lowest BCUT2D eigenvalue weighted by molar-refractivity contribution is -0.154. The number of carbonyl (C=O) groups is 1. The summed E-state index contributed by atoms with van der Waals surface area (Å²) in [6, 6.07) is 34.4. The molecule has 0 fully saturated rings. The second kappa shape index (κ2) is 18.7. The minimum Gasteiger partial charge on any atom is -0.460 e. The number of nitrogens with two attached hydrogens (primary N) is 2. The van der Waals surface area contributed by atoms with Gasteiger partial charge in [-0.05, 0) is 138 Å². The molecule has 0 aromatic heterocycles. The van der Waals surface area contributed by atoms with Gasteiger partial charge in [-0.1, -0.05) is 66.4 Å². The van der Waals surface area contributed by atoms with Crippen molar-refractivity contribution in [1.29, 1.82) is 0 Å². The van der Waals surface area contributed by atoms with Crippen molar-refractivity contribution in [1.82, 2.24) is 0 Å². The van der Waals surface area contributed by atoms with Crippen LogP contribution in [-0.4, -0.2) is 11.6 Å². The van der Waals surface area contributed by atoms with Crippen LogP contribution in [0.3, 0.4) is 0 Å². The summed E-state index contributed by atoms with van der Waals surface area (Å²) < 4.78 is 7.70. The molecule has 0 bridgehead atoms.